The largest absolute Gasteiger partial charge is 0.357 e. The minimum absolute atomic E-state index is 0.320. The summed E-state index contributed by atoms with van der Waals surface area (Å²) in [5.74, 6) is 0.711. The highest BCUT2D eigenvalue weighted by molar-refractivity contribution is 7.90. The number of thiazole rings is 1. The normalized spacial score (nSPS) is 12.2. The Balaban J connectivity index is 1.98. The monoisotopic (exact) mass is 380 g/mol. The zero-order valence-corrected chi connectivity index (χ0v) is 16.4. The van der Waals surface area contributed by atoms with Crippen LogP contribution in [-0.4, -0.2) is 32.2 Å². The fourth-order valence-electron chi connectivity index (χ4n) is 2.11. The van der Waals surface area contributed by atoms with E-state index in [0.717, 1.165) is 23.5 Å². The highest BCUT2D eigenvalue weighted by Gasteiger charge is 2.06. The van der Waals surface area contributed by atoms with E-state index in [9.17, 15) is 8.42 Å². The first kappa shape index (κ1) is 19.4. The summed E-state index contributed by atoms with van der Waals surface area (Å²) in [7, 11) is -3.17. The Kier molecular flexibility index (Phi) is 6.95. The number of hydrogen-bond acceptors (Lipinski definition) is 5. The minimum atomic E-state index is -3.17. The van der Waals surface area contributed by atoms with Crippen LogP contribution in [-0.2, 0) is 29.3 Å². The second-order valence-corrected chi connectivity index (χ2v) is 8.75. The predicted octanol–water partition coefficient (Wildman–Crippen LogP) is 2.36. The number of aromatic nitrogens is 1. The van der Waals surface area contributed by atoms with Gasteiger partial charge in [-0.05, 0) is 31.0 Å². The van der Waals surface area contributed by atoms with Crippen LogP contribution in [0.4, 0.5) is 0 Å². The molecule has 1 aromatic heterocycles. The Morgan fingerprint density at radius 2 is 1.92 bits per heavy atom. The van der Waals surface area contributed by atoms with Gasteiger partial charge in [-0.2, -0.15) is 0 Å². The molecule has 0 amide bonds. The molecule has 2 N–H and O–H groups in total. The van der Waals surface area contributed by atoms with E-state index in [4.69, 9.17) is 0 Å². The Morgan fingerprint density at radius 1 is 1.20 bits per heavy atom. The van der Waals surface area contributed by atoms with E-state index in [2.05, 4.69) is 27.5 Å². The number of sulfone groups is 1. The van der Waals surface area contributed by atoms with Crippen LogP contribution in [0.15, 0.2) is 40.4 Å². The highest BCUT2D eigenvalue weighted by atomic mass is 32.2. The van der Waals surface area contributed by atoms with Gasteiger partial charge in [-0.25, -0.2) is 18.4 Å². The van der Waals surface area contributed by atoms with Gasteiger partial charge >= 0.3 is 0 Å². The topological polar surface area (TPSA) is 83.5 Å². The third-order valence-corrected chi connectivity index (χ3v) is 5.74. The van der Waals surface area contributed by atoms with Crippen molar-refractivity contribution in [1.29, 1.82) is 0 Å². The number of nitrogens with zero attached hydrogens (tertiary/aromatic N) is 2. The van der Waals surface area contributed by atoms with E-state index in [0.29, 0.717) is 23.9 Å². The number of hydrogen-bond donors (Lipinski definition) is 2. The number of aryl methyl sites for hydroxylation is 1. The standard InChI is InChI=1S/C17H24N4O2S2/c1-4-14-11-19-16(24-14)12-21-17(18-5-2)20-10-13-6-8-15(9-7-13)25(3,22)23/h6-9,11H,4-5,10,12H2,1-3H3,(H2,18,20,21). The van der Waals surface area contributed by atoms with Crippen molar-refractivity contribution in [2.75, 3.05) is 12.8 Å². The van der Waals surface area contributed by atoms with E-state index in [-0.39, 0.29) is 0 Å². The van der Waals surface area contributed by atoms with E-state index in [1.54, 1.807) is 35.6 Å². The van der Waals surface area contributed by atoms with E-state index < -0.39 is 9.84 Å². The summed E-state index contributed by atoms with van der Waals surface area (Å²) in [5.41, 5.74) is 0.951. The number of guanidine groups is 1. The quantitative estimate of drug-likeness (QED) is 0.569. The lowest BCUT2D eigenvalue weighted by Gasteiger charge is -2.10. The first-order valence-electron chi connectivity index (χ1n) is 8.17. The van der Waals surface area contributed by atoms with Gasteiger partial charge in [0.2, 0.25) is 0 Å². The number of benzene rings is 1. The lowest BCUT2D eigenvalue weighted by molar-refractivity contribution is 0.602. The van der Waals surface area contributed by atoms with Crippen molar-refractivity contribution in [3.05, 3.63) is 45.9 Å². The maximum absolute atomic E-state index is 11.5. The zero-order valence-electron chi connectivity index (χ0n) is 14.7. The summed E-state index contributed by atoms with van der Waals surface area (Å²) in [5, 5.41) is 7.50. The molecule has 0 radical (unpaired) electrons. The Hall–Kier alpha value is -1.93. The molecule has 0 saturated heterocycles. The average molecular weight is 381 g/mol. The molecule has 1 aromatic carbocycles. The van der Waals surface area contributed by atoms with Crippen LogP contribution in [0, 0.1) is 0 Å². The maximum Gasteiger partial charge on any atom is 0.191 e. The molecule has 0 aliphatic rings. The number of aliphatic imine (C=N–C) groups is 1. The minimum Gasteiger partial charge on any atom is -0.357 e. The molecular formula is C17H24N4O2S2. The van der Waals surface area contributed by atoms with Gasteiger partial charge in [-0.1, -0.05) is 19.1 Å². The number of nitrogens with one attached hydrogen (secondary N) is 2. The second kappa shape index (κ2) is 8.96. The molecule has 0 atom stereocenters. The molecule has 2 aromatic rings. The van der Waals surface area contributed by atoms with Gasteiger partial charge in [0.25, 0.3) is 0 Å². The van der Waals surface area contributed by atoms with Crippen molar-refractivity contribution < 1.29 is 8.42 Å². The third kappa shape index (κ3) is 6.13. The van der Waals surface area contributed by atoms with E-state index in [1.165, 1.54) is 11.1 Å². The van der Waals surface area contributed by atoms with Crippen molar-refractivity contribution in [1.82, 2.24) is 15.6 Å². The lowest BCUT2D eigenvalue weighted by Crippen LogP contribution is -2.36. The second-order valence-electron chi connectivity index (χ2n) is 5.54. The van der Waals surface area contributed by atoms with Gasteiger partial charge in [-0.3, -0.25) is 0 Å². The molecule has 6 nitrogen and oxygen atoms in total. The van der Waals surface area contributed by atoms with Crippen molar-refractivity contribution in [2.24, 2.45) is 4.99 Å². The summed E-state index contributed by atoms with van der Waals surface area (Å²) in [6, 6.07) is 6.81. The van der Waals surface area contributed by atoms with Gasteiger partial charge in [0.15, 0.2) is 15.8 Å². The molecule has 8 heteroatoms. The van der Waals surface area contributed by atoms with Gasteiger partial charge in [0, 0.05) is 23.9 Å². The van der Waals surface area contributed by atoms with Crippen molar-refractivity contribution in [3.8, 4) is 0 Å². The fraction of sp³-hybridized carbons (Fsp3) is 0.412. The molecule has 25 heavy (non-hydrogen) atoms. The predicted molar refractivity (Wildman–Crippen MR) is 103 cm³/mol. The Morgan fingerprint density at radius 3 is 2.48 bits per heavy atom. The maximum atomic E-state index is 11.5. The molecule has 0 aliphatic heterocycles. The third-order valence-electron chi connectivity index (χ3n) is 3.47. The molecule has 0 fully saturated rings. The molecule has 0 unspecified atom stereocenters. The Labute approximate surface area is 153 Å². The smallest absolute Gasteiger partial charge is 0.191 e. The van der Waals surface area contributed by atoms with Crippen LogP contribution in [0.3, 0.4) is 0 Å². The zero-order chi connectivity index (χ0) is 18.3. The first-order valence-corrected chi connectivity index (χ1v) is 10.9. The fourth-order valence-corrected chi connectivity index (χ4v) is 3.54. The van der Waals surface area contributed by atoms with Crippen molar-refractivity contribution >= 4 is 27.1 Å². The molecule has 1 heterocycles. The molecule has 2 rings (SSSR count). The van der Waals surface area contributed by atoms with E-state index >= 15 is 0 Å². The van der Waals surface area contributed by atoms with Crippen LogP contribution < -0.4 is 10.6 Å². The summed E-state index contributed by atoms with van der Waals surface area (Å²) in [4.78, 5) is 10.5. The highest BCUT2D eigenvalue weighted by Crippen LogP contribution is 2.13. The summed E-state index contributed by atoms with van der Waals surface area (Å²) in [6.45, 7) is 5.99. The van der Waals surface area contributed by atoms with E-state index in [1.807, 2.05) is 13.1 Å². The Bertz CT molecular complexity index is 811. The van der Waals surface area contributed by atoms with Gasteiger partial charge in [0.1, 0.15) is 5.01 Å². The van der Waals surface area contributed by atoms with Crippen molar-refractivity contribution in [2.45, 2.75) is 38.3 Å². The summed E-state index contributed by atoms with van der Waals surface area (Å²) >= 11 is 1.70. The lowest BCUT2D eigenvalue weighted by atomic mass is 10.2. The first-order chi connectivity index (χ1) is 11.9. The van der Waals surface area contributed by atoms with Crippen LogP contribution in [0.25, 0.3) is 0 Å². The van der Waals surface area contributed by atoms with Crippen LogP contribution in [0.5, 0.6) is 0 Å². The number of rotatable bonds is 7. The SMILES string of the molecule is CCNC(=NCc1ccc(S(C)(=O)=O)cc1)NCc1ncc(CC)s1. The average Bonchev–Trinajstić information content (AvgIpc) is 3.05. The molecule has 136 valence electrons. The molecule has 0 bridgehead atoms. The molecule has 0 aliphatic carbocycles. The summed E-state index contributed by atoms with van der Waals surface area (Å²) < 4.78 is 23.0. The van der Waals surface area contributed by atoms with Crippen LogP contribution in [0.2, 0.25) is 0 Å². The molecule has 0 spiro atoms. The van der Waals surface area contributed by atoms with Gasteiger partial charge in [0.05, 0.1) is 18.0 Å². The van der Waals surface area contributed by atoms with Crippen molar-refractivity contribution in [3.63, 3.8) is 0 Å². The summed E-state index contributed by atoms with van der Waals surface area (Å²) in [6.07, 6.45) is 4.11. The van der Waals surface area contributed by atoms with Gasteiger partial charge in [-0.15, -0.1) is 11.3 Å². The molecular weight excluding hydrogens is 356 g/mol. The van der Waals surface area contributed by atoms with Gasteiger partial charge < -0.3 is 10.6 Å². The molecule has 0 saturated carbocycles. The van der Waals surface area contributed by atoms with Crippen LogP contribution in [0.1, 0.15) is 29.3 Å². The van der Waals surface area contributed by atoms with Crippen LogP contribution >= 0.6 is 11.3 Å².